The Balaban J connectivity index is 1.58. The third-order valence-corrected chi connectivity index (χ3v) is 7.23. The van der Waals surface area contributed by atoms with Gasteiger partial charge in [-0.05, 0) is 85.0 Å². The van der Waals surface area contributed by atoms with Crippen LogP contribution < -0.4 is 0 Å². The first-order valence-electron chi connectivity index (χ1n) is 9.20. The number of phenols is 1. The molecule has 2 nitrogen and oxygen atoms in total. The summed E-state index contributed by atoms with van der Waals surface area (Å²) >= 11 is 0. The van der Waals surface area contributed by atoms with Gasteiger partial charge in [-0.15, -0.1) is 0 Å². The Morgan fingerprint density at radius 1 is 1.27 bits per heavy atom. The van der Waals surface area contributed by atoms with E-state index in [0.717, 1.165) is 23.8 Å². The number of aromatic hydroxyl groups is 1. The maximum atomic E-state index is 9.99. The zero-order chi connectivity index (χ0) is 14.9. The van der Waals surface area contributed by atoms with Crippen LogP contribution >= 0.6 is 0 Å². The molecular formula is C20H27NO. The van der Waals surface area contributed by atoms with E-state index in [4.69, 9.17) is 0 Å². The van der Waals surface area contributed by atoms with Gasteiger partial charge in [-0.25, -0.2) is 0 Å². The third-order valence-electron chi connectivity index (χ3n) is 7.23. The molecule has 1 saturated heterocycles. The summed E-state index contributed by atoms with van der Waals surface area (Å²) in [5.41, 5.74) is 3.25. The van der Waals surface area contributed by atoms with E-state index >= 15 is 0 Å². The Kier molecular flexibility index (Phi) is 2.75. The van der Waals surface area contributed by atoms with Crippen molar-refractivity contribution < 1.29 is 5.11 Å². The molecule has 1 heterocycles. The highest BCUT2D eigenvalue weighted by molar-refractivity contribution is 5.44. The highest BCUT2D eigenvalue weighted by Crippen LogP contribution is 2.55. The summed E-state index contributed by atoms with van der Waals surface area (Å²) in [6.07, 6.45) is 8.22. The molecule has 3 fully saturated rings. The van der Waals surface area contributed by atoms with Crippen molar-refractivity contribution in [2.45, 2.75) is 56.9 Å². The number of piperidine rings is 1. The largest absolute Gasteiger partial charge is 0.508 e. The zero-order valence-corrected chi connectivity index (χ0v) is 13.6. The summed E-state index contributed by atoms with van der Waals surface area (Å²) in [6, 6.07) is 6.91. The van der Waals surface area contributed by atoms with Crippen molar-refractivity contribution in [2.24, 2.45) is 17.8 Å². The highest BCUT2D eigenvalue weighted by atomic mass is 16.3. The normalized spacial score (nSPS) is 40.3. The van der Waals surface area contributed by atoms with Crippen LogP contribution in [0.3, 0.4) is 0 Å². The number of likely N-dealkylation sites (tertiary alicyclic amines) is 1. The summed E-state index contributed by atoms with van der Waals surface area (Å²) in [5.74, 6) is 3.16. The van der Waals surface area contributed by atoms with E-state index in [-0.39, 0.29) is 5.41 Å². The van der Waals surface area contributed by atoms with Crippen LogP contribution in [0.5, 0.6) is 5.75 Å². The van der Waals surface area contributed by atoms with E-state index < -0.39 is 0 Å². The lowest BCUT2D eigenvalue weighted by molar-refractivity contribution is -0.0297. The van der Waals surface area contributed by atoms with Crippen molar-refractivity contribution in [3.8, 4) is 5.75 Å². The van der Waals surface area contributed by atoms with Crippen LogP contribution in [0.15, 0.2) is 18.2 Å². The van der Waals surface area contributed by atoms with Crippen LogP contribution in [0.25, 0.3) is 0 Å². The quantitative estimate of drug-likeness (QED) is 0.899. The van der Waals surface area contributed by atoms with Crippen molar-refractivity contribution in [1.29, 1.82) is 0 Å². The van der Waals surface area contributed by atoms with Crippen LogP contribution in [0.1, 0.15) is 50.2 Å². The summed E-state index contributed by atoms with van der Waals surface area (Å²) in [5, 5.41) is 9.99. The standard InChI is InChI=1S/C20H27NO/c1-20-7-6-14-8-18(20)19(21(12-14)11-13-2-3-13)9-15-4-5-16(22)10-17(15)20/h4-5,10,13-14,18-19,22H,2-3,6-9,11-12H2,1H3/t14?,18?,19?,20-/m0/s1. The fourth-order valence-corrected chi connectivity index (χ4v) is 5.84. The van der Waals surface area contributed by atoms with Gasteiger partial charge in [-0.2, -0.15) is 0 Å². The first-order chi connectivity index (χ1) is 10.6. The molecule has 1 aliphatic heterocycles. The van der Waals surface area contributed by atoms with Crippen molar-refractivity contribution in [3.63, 3.8) is 0 Å². The topological polar surface area (TPSA) is 23.5 Å². The van der Waals surface area contributed by atoms with Crippen LogP contribution in [-0.4, -0.2) is 29.1 Å². The Labute approximate surface area is 133 Å². The molecular weight excluding hydrogens is 270 g/mol. The van der Waals surface area contributed by atoms with Gasteiger partial charge in [0, 0.05) is 19.1 Å². The maximum absolute atomic E-state index is 9.99. The van der Waals surface area contributed by atoms with Crippen LogP contribution in [-0.2, 0) is 11.8 Å². The molecule has 1 aromatic carbocycles. The molecule has 5 rings (SSSR count). The molecule has 1 N–H and O–H groups in total. The van der Waals surface area contributed by atoms with Gasteiger partial charge in [0.15, 0.2) is 0 Å². The predicted octanol–water partition coefficient (Wildman–Crippen LogP) is 3.72. The van der Waals surface area contributed by atoms with Crippen LogP contribution in [0, 0.1) is 17.8 Å². The minimum atomic E-state index is 0.287. The van der Waals surface area contributed by atoms with E-state index in [1.54, 1.807) is 0 Å². The highest BCUT2D eigenvalue weighted by Gasteiger charge is 2.53. The van der Waals surface area contributed by atoms with Crippen molar-refractivity contribution in [2.75, 3.05) is 13.1 Å². The fraction of sp³-hybridized carbons (Fsp3) is 0.700. The van der Waals surface area contributed by atoms with E-state index in [0.29, 0.717) is 5.75 Å². The van der Waals surface area contributed by atoms with E-state index in [1.165, 1.54) is 62.7 Å². The second-order valence-electron chi connectivity index (χ2n) is 8.67. The maximum Gasteiger partial charge on any atom is 0.115 e. The molecule has 2 bridgehead atoms. The van der Waals surface area contributed by atoms with Gasteiger partial charge >= 0.3 is 0 Å². The molecule has 0 radical (unpaired) electrons. The summed E-state index contributed by atoms with van der Waals surface area (Å²) in [4.78, 5) is 2.86. The lowest BCUT2D eigenvalue weighted by atomic mass is 9.53. The number of hydrogen-bond acceptors (Lipinski definition) is 2. The Hall–Kier alpha value is -1.02. The van der Waals surface area contributed by atoms with Crippen LogP contribution in [0.2, 0.25) is 0 Å². The fourth-order valence-electron chi connectivity index (χ4n) is 5.84. The summed E-state index contributed by atoms with van der Waals surface area (Å²) in [6.45, 7) is 5.18. The average molecular weight is 297 g/mol. The van der Waals surface area contributed by atoms with E-state index in [9.17, 15) is 5.11 Å². The Bertz CT molecular complexity index is 608. The van der Waals surface area contributed by atoms with Gasteiger partial charge < -0.3 is 5.11 Å². The number of rotatable bonds is 2. The smallest absolute Gasteiger partial charge is 0.115 e. The molecule has 1 aromatic rings. The predicted molar refractivity (Wildman–Crippen MR) is 88.1 cm³/mol. The Morgan fingerprint density at radius 2 is 2.14 bits per heavy atom. The summed E-state index contributed by atoms with van der Waals surface area (Å²) in [7, 11) is 0. The van der Waals surface area contributed by atoms with Crippen molar-refractivity contribution in [1.82, 2.24) is 4.90 Å². The molecule has 4 aliphatic rings. The van der Waals surface area contributed by atoms with Crippen LogP contribution in [0.4, 0.5) is 0 Å². The van der Waals surface area contributed by atoms with Gasteiger partial charge in [-0.3, -0.25) is 4.90 Å². The second kappa shape index (κ2) is 4.50. The first kappa shape index (κ1) is 13.4. The first-order valence-corrected chi connectivity index (χ1v) is 9.20. The minimum absolute atomic E-state index is 0.287. The average Bonchev–Trinajstić information content (AvgIpc) is 3.31. The third kappa shape index (κ3) is 1.89. The Morgan fingerprint density at radius 3 is 2.95 bits per heavy atom. The molecule has 0 aromatic heterocycles. The van der Waals surface area contributed by atoms with E-state index in [2.05, 4.69) is 24.0 Å². The van der Waals surface area contributed by atoms with Gasteiger partial charge in [0.2, 0.25) is 0 Å². The number of hydrogen-bond donors (Lipinski definition) is 1. The van der Waals surface area contributed by atoms with Gasteiger partial charge in [0.1, 0.15) is 5.75 Å². The molecule has 3 unspecified atom stereocenters. The monoisotopic (exact) mass is 297 g/mol. The number of phenolic OH excluding ortho intramolecular Hbond substituents is 1. The molecule has 3 aliphatic carbocycles. The van der Waals surface area contributed by atoms with Gasteiger partial charge in [0.05, 0.1) is 0 Å². The molecule has 2 saturated carbocycles. The molecule has 2 heteroatoms. The van der Waals surface area contributed by atoms with Gasteiger partial charge in [0.25, 0.3) is 0 Å². The second-order valence-corrected chi connectivity index (χ2v) is 8.67. The molecule has 22 heavy (non-hydrogen) atoms. The van der Waals surface area contributed by atoms with E-state index in [1.807, 2.05) is 6.07 Å². The molecule has 118 valence electrons. The van der Waals surface area contributed by atoms with Crippen molar-refractivity contribution in [3.05, 3.63) is 29.3 Å². The van der Waals surface area contributed by atoms with Gasteiger partial charge in [-0.1, -0.05) is 13.0 Å². The molecule has 0 amide bonds. The lowest BCUT2D eigenvalue weighted by Crippen LogP contribution is -2.60. The number of nitrogens with zero attached hydrogens (tertiary/aromatic N) is 1. The number of fused-ring (bicyclic) bond motifs is 3. The lowest BCUT2D eigenvalue weighted by Gasteiger charge is -2.59. The zero-order valence-electron chi connectivity index (χ0n) is 13.6. The number of benzene rings is 1. The SMILES string of the molecule is C[C@@]12CCC3CC1C(Cc1ccc(O)cc12)N(CC1CC1)C3. The summed E-state index contributed by atoms with van der Waals surface area (Å²) < 4.78 is 0. The van der Waals surface area contributed by atoms with Crippen molar-refractivity contribution >= 4 is 0 Å². The minimum Gasteiger partial charge on any atom is -0.508 e. The molecule has 0 spiro atoms. The molecule has 4 atom stereocenters.